The Morgan fingerprint density at radius 2 is 2.36 bits per heavy atom. The van der Waals surface area contributed by atoms with Gasteiger partial charge in [-0.05, 0) is 6.42 Å². The predicted octanol–water partition coefficient (Wildman–Crippen LogP) is 1.11. The topological polar surface area (TPSA) is 29.1 Å². The van der Waals surface area contributed by atoms with Gasteiger partial charge in [0, 0.05) is 18.4 Å². The van der Waals surface area contributed by atoms with Gasteiger partial charge in [-0.15, -0.1) is 13.2 Å². The lowest BCUT2D eigenvalue weighted by atomic mass is 9.93. The molecule has 1 fully saturated rings. The Morgan fingerprint density at radius 3 is 2.91 bits per heavy atom. The van der Waals surface area contributed by atoms with Crippen LogP contribution in [0.1, 0.15) is 6.42 Å². The van der Waals surface area contributed by atoms with E-state index in [1.165, 1.54) is 0 Å². The molecule has 0 radical (unpaired) electrons. The maximum absolute atomic E-state index is 11.1. The minimum Gasteiger partial charge on any atom is -0.355 e. The summed E-state index contributed by atoms with van der Waals surface area (Å²) in [4.78, 5) is 11.1. The monoisotopic (exact) mass is 151 g/mol. The van der Waals surface area contributed by atoms with E-state index in [0.717, 1.165) is 13.0 Å². The van der Waals surface area contributed by atoms with Crippen LogP contribution in [0.15, 0.2) is 25.3 Å². The zero-order valence-corrected chi connectivity index (χ0v) is 6.55. The lowest BCUT2D eigenvalue weighted by Gasteiger charge is -2.08. The van der Waals surface area contributed by atoms with E-state index in [1.807, 2.05) is 6.08 Å². The number of carbonyl (C=O) groups is 1. The summed E-state index contributed by atoms with van der Waals surface area (Å²) < 4.78 is 0. The van der Waals surface area contributed by atoms with E-state index in [1.54, 1.807) is 6.08 Å². The van der Waals surface area contributed by atoms with Gasteiger partial charge in [-0.25, -0.2) is 0 Å². The smallest absolute Gasteiger partial charge is 0.224 e. The van der Waals surface area contributed by atoms with Crippen molar-refractivity contribution in [2.24, 2.45) is 11.8 Å². The zero-order valence-electron chi connectivity index (χ0n) is 6.55. The molecule has 1 aliphatic heterocycles. The minimum absolute atomic E-state index is 0.0741. The quantitative estimate of drug-likeness (QED) is 0.601. The van der Waals surface area contributed by atoms with Gasteiger partial charge in [-0.2, -0.15) is 0 Å². The Hall–Kier alpha value is -1.05. The Bertz CT molecular complexity index is 186. The van der Waals surface area contributed by atoms with Crippen molar-refractivity contribution in [2.75, 3.05) is 6.54 Å². The molecule has 1 rings (SSSR count). The molecule has 0 aliphatic carbocycles. The van der Waals surface area contributed by atoms with Gasteiger partial charge in [0.15, 0.2) is 0 Å². The SMILES string of the molecule is C=CCC1C(=O)NCC1C=C. The molecule has 2 heteroatoms. The third-order valence-corrected chi connectivity index (χ3v) is 2.09. The molecule has 2 unspecified atom stereocenters. The first kappa shape index (κ1) is 8.05. The first-order chi connectivity index (χ1) is 5.29. The van der Waals surface area contributed by atoms with E-state index in [4.69, 9.17) is 0 Å². The van der Waals surface area contributed by atoms with E-state index < -0.39 is 0 Å². The number of allylic oxidation sites excluding steroid dienone is 1. The average Bonchev–Trinajstić information content (AvgIpc) is 2.34. The van der Waals surface area contributed by atoms with E-state index in [-0.39, 0.29) is 11.8 Å². The van der Waals surface area contributed by atoms with Gasteiger partial charge in [-0.3, -0.25) is 4.79 Å². The van der Waals surface area contributed by atoms with Crippen molar-refractivity contribution in [1.29, 1.82) is 0 Å². The first-order valence-electron chi connectivity index (χ1n) is 3.80. The Labute approximate surface area is 67.0 Å². The van der Waals surface area contributed by atoms with Crippen LogP contribution in [0.5, 0.6) is 0 Å². The molecule has 0 aromatic heterocycles. The summed E-state index contributed by atoms with van der Waals surface area (Å²) in [5.74, 6) is 0.500. The summed E-state index contributed by atoms with van der Waals surface area (Å²) in [7, 11) is 0. The van der Waals surface area contributed by atoms with Crippen molar-refractivity contribution in [2.45, 2.75) is 6.42 Å². The molecule has 1 N–H and O–H groups in total. The van der Waals surface area contributed by atoms with E-state index in [2.05, 4.69) is 18.5 Å². The lowest BCUT2D eigenvalue weighted by molar-refractivity contribution is -0.122. The van der Waals surface area contributed by atoms with Gasteiger partial charge in [0.25, 0.3) is 0 Å². The van der Waals surface area contributed by atoms with E-state index in [0.29, 0.717) is 5.92 Å². The fourth-order valence-electron chi connectivity index (χ4n) is 1.40. The number of carbonyl (C=O) groups excluding carboxylic acids is 1. The predicted molar refractivity (Wildman–Crippen MR) is 45.0 cm³/mol. The second-order valence-electron chi connectivity index (χ2n) is 2.78. The molecular weight excluding hydrogens is 138 g/mol. The van der Waals surface area contributed by atoms with Crippen molar-refractivity contribution in [3.8, 4) is 0 Å². The summed E-state index contributed by atoms with van der Waals surface area (Å²) >= 11 is 0. The highest BCUT2D eigenvalue weighted by atomic mass is 16.2. The molecule has 0 bridgehead atoms. The lowest BCUT2D eigenvalue weighted by Crippen LogP contribution is -2.18. The molecule has 2 atom stereocenters. The van der Waals surface area contributed by atoms with Crippen molar-refractivity contribution >= 4 is 5.91 Å². The number of rotatable bonds is 3. The molecule has 1 saturated heterocycles. The summed E-state index contributed by atoms with van der Waals surface area (Å²) in [6, 6.07) is 0. The van der Waals surface area contributed by atoms with Crippen LogP contribution in [0, 0.1) is 11.8 Å². The van der Waals surface area contributed by atoms with E-state index in [9.17, 15) is 4.79 Å². The molecular formula is C9H13NO. The van der Waals surface area contributed by atoms with Crippen LogP contribution in [0.3, 0.4) is 0 Å². The minimum atomic E-state index is 0.0741. The fourth-order valence-corrected chi connectivity index (χ4v) is 1.40. The van der Waals surface area contributed by atoms with Crippen molar-refractivity contribution in [3.63, 3.8) is 0 Å². The van der Waals surface area contributed by atoms with Crippen molar-refractivity contribution < 1.29 is 4.79 Å². The van der Waals surface area contributed by atoms with Crippen LogP contribution in [0.2, 0.25) is 0 Å². The summed E-state index contributed by atoms with van der Waals surface area (Å²) in [5.41, 5.74) is 0. The highest BCUT2D eigenvalue weighted by Crippen LogP contribution is 2.22. The van der Waals surface area contributed by atoms with Gasteiger partial charge in [0.05, 0.1) is 0 Å². The summed E-state index contributed by atoms with van der Waals surface area (Å²) in [6.45, 7) is 8.03. The van der Waals surface area contributed by atoms with Crippen molar-refractivity contribution in [1.82, 2.24) is 5.32 Å². The molecule has 1 heterocycles. The molecule has 0 spiro atoms. The zero-order chi connectivity index (χ0) is 8.27. The number of hydrogen-bond donors (Lipinski definition) is 1. The summed E-state index contributed by atoms with van der Waals surface area (Å²) in [5, 5.41) is 2.80. The highest BCUT2D eigenvalue weighted by molar-refractivity contribution is 5.81. The van der Waals surface area contributed by atoms with Crippen LogP contribution in [0.25, 0.3) is 0 Å². The van der Waals surface area contributed by atoms with Gasteiger partial charge in [0.1, 0.15) is 0 Å². The first-order valence-corrected chi connectivity index (χ1v) is 3.80. The van der Waals surface area contributed by atoms with Gasteiger partial charge >= 0.3 is 0 Å². The second-order valence-corrected chi connectivity index (χ2v) is 2.78. The number of nitrogens with one attached hydrogen (secondary N) is 1. The number of amides is 1. The third kappa shape index (κ3) is 1.50. The van der Waals surface area contributed by atoms with Gasteiger partial charge in [0.2, 0.25) is 5.91 Å². The van der Waals surface area contributed by atoms with Crippen LogP contribution < -0.4 is 5.32 Å². The Morgan fingerprint density at radius 1 is 1.64 bits per heavy atom. The van der Waals surface area contributed by atoms with Crippen LogP contribution in [-0.2, 0) is 4.79 Å². The largest absolute Gasteiger partial charge is 0.355 e. The molecule has 60 valence electrons. The van der Waals surface area contributed by atoms with Crippen molar-refractivity contribution in [3.05, 3.63) is 25.3 Å². The molecule has 0 aromatic rings. The molecule has 0 saturated carbocycles. The fraction of sp³-hybridized carbons (Fsp3) is 0.444. The van der Waals surface area contributed by atoms with Gasteiger partial charge in [-0.1, -0.05) is 12.2 Å². The molecule has 11 heavy (non-hydrogen) atoms. The van der Waals surface area contributed by atoms with Crippen LogP contribution >= 0.6 is 0 Å². The maximum Gasteiger partial charge on any atom is 0.224 e. The Balaban J connectivity index is 2.62. The highest BCUT2D eigenvalue weighted by Gasteiger charge is 2.30. The standard InChI is InChI=1S/C9H13NO/c1-3-5-8-7(4-2)6-10-9(8)11/h3-4,7-8H,1-2,5-6H2,(H,10,11). The summed E-state index contributed by atoms with van der Waals surface area (Å²) in [6.07, 6.45) is 4.38. The molecule has 1 amide bonds. The Kier molecular flexibility index (Phi) is 2.47. The normalized spacial score (nSPS) is 29.6. The second kappa shape index (κ2) is 3.37. The molecule has 0 aromatic carbocycles. The van der Waals surface area contributed by atoms with Crippen LogP contribution in [-0.4, -0.2) is 12.5 Å². The average molecular weight is 151 g/mol. The van der Waals surface area contributed by atoms with Crippen LogP contribution in [0.4, 0.5) is 0 Å². The van der Waals surface area contributed by atoms with E-state index >= 15 is 0 Å². The third-order valence-electron chi connectivity index (χ3n) is 2.09. The number of hydrogen-bond acceptors (Lipinski definition) is 1. The van der Waals surface area contributed by atoms with Gasteiger partial charge < -0.3 is 5.32 Å². The molecule has 2 nitrogen and oxygen atoms in total. The maximum atomic E-state index is 11.1. The molecule has 1 aliphatic rings.